The van der Waals surface area contributed by atoms with Gasteiger partial charge in [0.1, 0.15) is 11.0 Å². The molecule has 0 bridgehead atoms. The highest BCUT2D eigenvalue weighted by molar-refractivity contribution is 6.29. The third kappa shape index (κ3) is 4.50. The summed E-state index contributed by atoms with van der Waals surface area (Å²) in [5.74, 6) is 0.503. The molecule has 0 unspecified atom stereocenters. The summed E-state index contributed by atoms with van der Waals surface area (Å²) in [5, 5.41) is 3.11. The van der Waals surface area contributed by atoms with Crippen LogP contribution in [0.1, 0.15) is 16.8 Å². The first-order valence-corrected chi connectivity index (χ1v) is 6.04. The van der Waals surface area contributed by atoms with Gasteiger partial charge in [-0.2, -0.15) is 0 Å². The normalized spacial score (nSPS) is 10.2. The Hall–Kier alpha value is -1.33. The molecule has 6 heteroatoms. The first kappa shape index (κ1) is 14.7. The quantitative estimate of drug-likeness (QED) is 0.630. The van der Waals surface area contributed by atoms with Gasteiger partial charge >= 0.3 is 0 Å². The fraction of sp³-hybridized carbons (Fsp3) is 0.500. The van der Waals surface area contributed by atoms with E-state index in [9.17, 15) is 4.79 Å². The first-order valence-electron chi connectivity index (χ1n) is 5.66. The number of methoxy groups -OCH3 is 1. The number of carbonyl (C=O) groups excluding carboxylic acids is 1. The molecule has 1 aromatic heterocycles. The highest BCUT2D eigenvalue weighted by Gasteiger charge is 2.09. The van der Waals surface area contributed by atoms with E-state index in [1.165, 1.54) is 0 Å². The van der Waals surface area contributed by atoms with Gasteiger partial charge in [-0.25, -0.2) is 4.98 Å². The molecule has 0 aliphatic carbocycles. The number of carbonyl (C=O) groups is 1. The molecule has 0 fully saturated rings. The number of aromatic nitrogens is 1. The Morgan fingerprint density at radius 1 is 1.50 bits per heavy atom. The minimum Gasteiger partial charge on any atom is -0.385 e. The number of rotatable bonds is 6. The van der Waals surface area contributed by atoms with Gasteiger partial charge in [-0.3, -0.25) is 4.79 Å². The number of hydrogen-bond donors (Lipinski definition) is 1. The van der Waals surface area contributed by atoms with E-state index in [-0.39, 0.29) is 5.91 Å². The van der Waals surface area contributed by atoms with Crippen LogP contribution in [0.25, 0.3) is 0 Å². The minimum absolute atomic E-state index is 0.154. The van der Waals surface area contributed by atoms with E-state index in [1.54, 1.807) is 24.1 Å². The lowest BCUT2D eigenvalue weighted by Crippen LogP contribution is -2.25. The number of halogens is 1. The van der Waals surface area contributed by atoms with Crippen LogP contribution in [0, 0.1) is 0 Å². The predicted molar refractivity (Wildman–Crippen MR) is 72.4 cm³/mol. The SMILES string of the molecule is COCCCNC(=O)c1cc(Cl)nc(N(C)C)c1. The Kier molecular flexibility index (Phi) is 5.88. The van der Waals surface area contributed by atoms with Crippen molar-refractivity contribution in [1.29, 1.82) is 0 Å². The number of nitrogens with one attached hydrogen (secondary N) is 1. The van der Waals surface area contributed by atoms with Crippen molar-refractivity contribution in [2.24, 2.45) is 0 Å². The van der Waals surface area contributed by atoms with Crippen LogP contribution in [0.5, 0.6) is 0 Å². The van der Waals surface area contributed by atoms with Gasteiger partial charge in [0.05, 0.1) is 0 Å². The lowest BCUT2D eigenvalue weighted by Gasteiger charge is -2.13. The van der Waals surface area contributed by atoms with E-state index >= 15 is 0 Å². The number of ether oxygens (including phenoxy) is 1. The van der Waals surface area contributed by atoms with E-state index < -0.39 is 0 Å². The van der Waals surface area contributed by atoms with Crippen LogP contribution in [0.4, 0.5) is 5.82 Å². The molecular weight excluding hydrogens is 254 g/mol. The van der Waals surface area contributed by atoms with Gasteiger partial charge in [-0.1, -0.05) is 11.6 Å². The zero-order valence-electron chi connectivity index (χ0n) is 10.9. The summed E-state index contributed by atoms with van der Waals surface area (Å²) in [6.45, 7) is 1.20. The van der Waals surface area contributed by atoms with Gasteiger partial charge in [0.15, 0.2) is 0 Å². The molecule has 0 aromatic carbocycles. The monoisotopic (exact) mass is 271 g/mol. The van der Waals surface area contributed by atoms with Crippen molar-refractivity contribution in [3.8, 4) is 0 Å². The van der Waals surface area contributed by atoms with Crippen LogP contribution in [-0.4, -0.2) is 45.2 Å². The molecule has 0 saturated heterocycles. The molecule has 0 aliphatic heterocycles. The summed E-state index contributed by atoms with van der Waals surface area (Å²) >= 11 is 5.88. The lowest BCUT2D eigenvalue weighted by atomic mass is 10.2. The summed E-state index contributed by atoms with van der Waals surface area (Å²) < 4.78 is 4.91. The molecule has 1 aromatic rings. The Morgan fingerprint density at radius 3 is 2.83 bits per heavy atom. The second kappa shape index (κ2) is 7.18. The molecule has 1 rings (SSSR count). The van der Waals surface area contributed by atoms with Crippen molar-refractivity contribution in [3.63, 3.8) is 0 Å². The lowest BCUT2D eigenvalue weighted by molar-refractivity contribution is 0.0948. The Balaban J connectivity index is 2.67. The molecule has 18 heavy (non-hydrogen) atoms. The van der Waals surface area contributed by atoms with Gasteiger partial charge in [0.25, 0.3) is 5.91 Å². The van der Waals surface area contributed by atoms with E-state index in [0.29, 0.717) is 29.7 Å². The summed E-state index contributed by atoms with van der Waals surface area (Å²) in [5.41, 5.74) is 0.510. The summed E-state index contributed by atoms with van der Waals surface area (Å²) in [6, 6.07) is 3.26. The standard InChI is InChI=1S/C12H18ClN3O2/c1-16(2)11-8-9(7-10(13)15-11)12(17)14-5-4-6-18-3/h7-8H,4-6H2,1-3H3,(H,14,17). The zero-order chi connectivity index (χ0) is 13.5. The third-order valence-corrected chi connectivity index (χ3v) is 2.51. The van der Waals surface area contributed by atoms with Gasteiger partial charge in [-0.15, -0.1) is 0 Å². The molecule has 100 valence electrons. The first-order chi connectivity index (χ1) is 8.54. The molecule has 5 nitrogen and oxygen atoms in total. The number of nitrogens with zero attached hydrogens (tertiary/aromatic N) is 2. The van der Waals surface area contributed by atoms with Gasteiger partial charge < -0.3 is 15.0 Å². The van der Waals surface area contributed by atoms with E-state index in [2.05, 4.69) is 10.3 Å². The molecule has 0 atom stereocenters. The van der Waals surface area contributed by atoms with Gasteiger partial charge in [0.2, 0.25) is 0 Å². The molecule has 0 aliphatic rings. The summed E-state index contributed by atoms with van der Waals surface area (Å²) in [6.07, 6.45) is 0.779. The number of pyridine rings is 1. The fourth-order valence-electron chi connectivity index (χ4n) is 1.36. The molecule has 1 heterocycles. The van der Waals surface area contributed by atoms with E-state index in [0.717, 1.165) is 6.42 Å². The number of anilines is 1. The van der Waals surface area contributed by atoms with Gasteiger partial charge in [0, 0.05) is 39.9 Å². The predicted octanol–water partition coefficient (Wildman–Crippen LogP) is 1.57. The molecular formula is C12H18ClN3O2. The largest absolute Gasteiger partial charge is 0.385 e. The van der Waals surface area contributed by atoms with Crippen LogP contribution in [0.3, 0.4) is 0 Å². The summed E-state index contributed by atoms with van der Waals surface area (Å²) in [7, 11) is 5.33. The molecule has 0 spiro atoms. The minimum atomic E-state index is -0.154. The van der Waals surface area contributed by atoms with Crippen molar-refractivity contribution < 1.29 is 9.53 Å². The second-order valence-corrected chi connectivity index (χ2v) is 4.42. The van der Waals surface area contributed by atoms with Crippen molar-refractivity contribution in [3.05, 3.63) is 22.8 Å². The maximum atomic E-state index is 11.9. The van der Waals surface area contributed by atoms with E-state index in [1.807, 2.05) is 14.1 Å². The van der Waals surface area contributed by atoms with Crippen LogP contribution in [0.15, 0.2) is 12.1 Å². The van der Waals surface area contributed by atoms with Crippen LogP contribution in [0.2, 0.25) is 5.15 Å². The van der Waals surface area contributed by atoms with Crippen molar-refractivity contribution in [1.82, 2.24) is 10.3 Å². The van der Waals surface area contributed by atoms with Gasteiger partial charge in [-0.05, 0) is 18.6 Å². The van der Waals surface area contributed by atoms with Crippen molar-refractivity contribution in [2.45, 2.75) is 6.42 Å². The maximum absolute atomic E-state index is 11.9. The fourth-order valence-corrected chi connectivity index (χ4v) is 1.57. The molecule has 1 N–H and O–H groups in total. The van der Waals surface area contributed by atoms with Crippen LogP contribution < -0.4 is 10.2 Å². The zero-order valence-corrected chi connectivity index (χ0v) is 11.6. The number of amides is 1. The van der Waals surface area contributed by atoms with E-state index in [4.69, 9.17) is 16.3 Å². The molecule has 1 amide bonds. The Morgan fingerprint density at radius 2 is 2.22 bits per heavy atom. The van der Waals surface area contributed by atoms with Crippen molar-refractivity contribution in [2.75, 3.05) is 39.3 Å². The Bertz CT molecular complexity index is 410. The average molecular weight is 272 g/mol. The van der Waals surface area contributed by atoms with Crippen LogP contribution >= 0.6 is 11.6 Å². The third-order valence-electron chi connectivity index (χ3n) is 2.31. The van der Waals surface area contributed by atoms with Crippen molar-refractivity contribution >= 4 is 23.3 Å². The molecule has 0 radical (unpaired) electrons. The Labute approximate surface area is 112 Å². The highest BCUT2D eigenvalue weighted by atomic mass is 35.5. The topological polar surface area (TPSA) is 54.5 Å². The summed E-state index contributed by atoms with van der Waals surface area (Å²) in [4.78, 5) is 17.8. The second-order valence-electron chi connectivity index (χ2n) is 4.03. The maximum Gasteiger partial charge on any atom is 0.251 e. The average Bonchev–Trinajstić information content (AvgIpc) is 2.33. The number of hydrogen-bond acceptors (Lipinski definition) is 4. The van der Waals surface area contributed by atoms with Crippen LogP contribution in [-0.2, 0) is 4.74 Å². The smallest absolute Gasteiger partial charge is 0.251 e. The highest BCUT2D eigenvalue weighted by Crippen LogP contribution is 2.16. The molecule has 0 saturated carbocycles.